The zero-order valence-corrected chi connectivity index (χ0v) is 18.0. The van der Waals surface area contributed by atoms with E-state index in [4.69, 9.17) is 4.74 Å². The van der Waals surface area contributed by atoms with Gasteiger partial charge in [-0.05, 0) is 29.8 Å². The zero-order chi connectivity index (χ0) is 22.9. The Morgan fingerprint density at radius 1 is 0.939 bits per heavy atom. The third-order valence-corrected chi connectivity index (χ3v) is 6.49. The molecule has 0 aliphatic carbocycles. The largest absolute Gasteiger partial charge is 0.372 e. The summed E-state index contributed by atoms with van der Waals surface area (Å²) in [6.07, 6.45) is 0.166. The summed E-state index contributed by atoms with van der Waals surface area (Å²) in [5.41, 5.74) is 1.51. The topological polar surface area (TPSA) is 82.2 Å². The number of piperazine rings is 2. The minimum atomic E-state index is -0.681. The van der Waals surface area contributed by atoms with Gasteiger partial charge in [-0.25, -0.2) is 9.18 Å². The summed E-state index contributed by atoms with van der Waals surface area (Å²) < 4.78 is 19.0. The highest BCUT2D eigenvalue weighted by Gasteiger charge is 2.52. The molecule has 3 aliphatic rings. The molecule has 0 bridgehead atoms. The average Bonchev–Trinajstić information content (AvgIpc) is 3.27. The van der Waals surface area contributed by atoms with E-state index in [1.807, 2.05) is 18.2 Å². The Hall–Kier alpha value is -3.46. The molecule has 0 spiro atoms. The molecule has 8 nitrogen and oxygen atoms in total. The van der Waals surface area contributed by atoms with Gasteiger partial charge in [0.1, 0.15) is 17.9 Å². The molecule has 4 amide bonds. The quantitative estimate of drug-likeness (QED) is 0.770. The summed E-state index contributed by atoms with van der Waals surface area (Å²) >= 11 is 0. The molecule has 9 heteroatoms. The van der Waals surface area contributed by atoms with Gasteiger partial charge in [-0.3, -0.25) is 9.59 Å². The van der Waals surface area contributed by atoms with Gasteiger partial charge in [0.15, 0.2) is 0 Å². The summed E-state index contributed by atoms with van der Waals surface area (Å²) in [6.45, 7) is 1.47. The van der Waals surface area contributed by atoms with Gasteiger partial charge in [-0.15, -0.1) is 0 Å². The Morgan fingerprint density at radius 2 is 1.67 bits per heavy atom. The second-order valence-corrected chi connectivity index (χ2v) is 8.59. The van der Waals surface area contributed by atoms with Gasteiger partial charge in [0.25, 0.3) is 0 Å². The number of carbonyl (C=O) groups is 3. The summed E-state index contributed by atoms with van der Waals surface area (Å²) in [6, 6.07) is 13.7. The Balaban J connectivity index is 1.22. The lowest BCUT2D eigenvalue weighted by Crippen LogP contribution is -2.69. The van der Waals surface area contributed by atoms with E-state index in [1.54, 1.807) is 39.0 Å². The first kappa shape index (κ1) is 21.4. The SMILES string of the molecule is O=C(Nc1ccccc1)N1CCN2C(=O)[C@@H]3C[C@@H](OCc4ccc(F)cc4)CN3C(=O)[C@H]2C1. The maximum absolute atomic E-state index is 13.2. The van der Waals surface area contributed by atoms with Crippen LogP contribution < -0.4 is 5.32 Å². The highest BCUT2D eigenvalue weighted by atomic mass is 19.1. The molecule has 0 saturated carbocycles. The van der Waals surface area contributed by atoms with Crippen LogP contribution in [0, 0.1) is 5.82 Å². The van der Waals surface area contributed by atoms with Crippen LogP contribution in [0.3, 0.4) is 0 Å². The molecule has 0 aromatic heterocycles. The van der Waals surface area contributed by atoms with Gasteiger partial charge in [0.05, 0.1) is 19.3 Å². The van der Waals surface area contributed by atoms with Gasteiger partial charge in [-0.2, -0.15) is 0 Å². The lowest BCUT2D eigenvalue weighted by Gasteiger charge is -2.47. The van der Waals surface area contributed by atoms with Gasteiger partial charge in [0, 0.05) is 31.7 Å². The Morgan fingerprint density at radius 3 is 2.42 bits per heavy atom. The lowest BCUT2D eigenvalue weighted by molar-refractivity contribution is -0.162. The number of halogens is 1. The third kappa shape index (κ3) is 4.28. The number of benzene rings is 2. The molecule has 3 atom stereocenters. The van der Waals surface area contributed by atoms with Crippen LogP contribution >= 0.6 is 0 Å². The fraction of sp³-hybridized carbons (Fsp3) is 0.375. The first-order valence-electron chi connectivity index (χ1n) is 11.1. The van der Waals surface area contributed by atoms with Crippen molar-refractivity contribution < 1.29 is 23.5 Å². The molecule has 2 aromatic rings. The molecule has 3 heterocycles. The lowest BCUT2D eigenvalue weighted by atomic mass is 10.0. The smallest absolute Gasteiger partial charge is 0.321 e. The third-order valence-electron chi connectivity index (χ3n) is 6.49. The molecule has 1 N–H and O–H groups in total. The number of nitrogens with one attached hydrogen (secondary N) is 1. The van der Waals surface area contributed by atoms with Crippen molar-refractivity contribution in [3.63, 3.8) is 0 Å². The fourth-order valence-corrected chi connectivity index (χ4v) is 4.74. The number of hydrogen-bond donors (Lipinski definition) is 1. The van der Waals surface area contributed by atoms with E-state index in [9.17, 15) is 18.8 Å². The molecule has 2 aromatic carbocycles. The van der Waals surface area contributed by atoms with E-state index in [0.717, 1.165) is 5.56 Å². The molecular weight excluding hydrogens is 427 g/mol. The van der Waals surface area contributed by atoms with Crippen LogP contribution in [0.15, 0.2) is 54.6 Å². The molecule has 33 heavy (non-hydrogen) atoms. The number of nitrogens with zero attached hydrogens (tertiary/aromatic N) is 3. The predicted molar refractivity (Wildman–Crippen MR) is 118 cm³/mol. The molecule has 3 saturated heterocycles. The van der Waals surface area contributed by atoms with E-state index in [-0.39, 0.29) is 42.9 Å². The van der Waals surface area contributed by atoms with E-state index in [2.05, 4.69) is 5.32 Å². The van der Waals surface area contributed by atoms with Gasteiger partial charge in [0.2, 0.25) is 11.8 Å². The summed E-state index contributed by atoms with van der Waals surface area (Å²) in [5.74, 6) is -0.545. The molecule has 0 radical (unpaired) electrons. The van der Waals surface area contributed by atoms with Crippen molar-refractivity contribution >= 4 is 23.5 Å². The zero-order valence-electron chi connectivity index (χ0n) is 18.0. The number of rotatable bonds is 4. The molecule has 172 valence electrons. The predicted octanol–water partition coefficient (Wildman–Crippen LogP) is 2.07. The number of anilines is 1. The first-order chi connectivity index (χ1) is 16.0. The Labute approximate surface area is 190 Å². The van der Waals surface area contributed by atoms with Gasteiger partial charge in [-0.1, -0.05) is 30.3 Å². The number of para-hydroxylation sites is 1. The van der Waals surface area contributed by atoms with Crippen LogP contribution in [0.1, 0.15) is 12.0 Å². The van der Waals surface area contributed by atoms with Crippen molar-refractivity contribution in [1.82, 2.24) is 14.7 Å². The van der Waals surface area contributed by atoms with Gasteiger partial charge >= 0.3 is 6.03 Å². The van der Waals surface area contributed by atoms with E-state index in [0.29, 0.717) is 31.7 Å². The van der Waals surface area contributed by atoms with Crippen molar-refractivity contribution in [2.45, 2.75) is 31.2 Å². The Kier molecular flexibility index (Phi) is 5.72. The Bertz CT molecular complexity index is 1050. The van der Waals surface area contributed by atoms with Crippen molar-refractivity contribution in [2.24, 2.45) is 0 Å². The number of hydrogen-bond acceptors (Lipinski definition) is 4. The number of amides is 4. The number of carbonyl (C=O) groups excluding carboxylic acids is 3. The molecular formula is C24H25FN4O4. The van der Waals surface area contributed by atoms with Crippen LogP contribution in [0.2, 0.25) is 0 Å². The first-order valence-corrected chi connectivity index (χ1v) is 11.1. The standard InChI is InChI=1S/C24H25FN4O4/c25-17-8-6-16(7-9-17)15-33-19-12-20-22(30)28-11-10-27(14-21(28)23(31)29(20)13-19)24(32)26-18-4-2-1-3-5-18/h1-9,19-21H,10-15H2,(H,26,32)/t19-,20+,21-/m1/s1. The fourth-order valence-electron chi connectivity index (χ4n) is 4.74. The van der Waals surface area contributed by atoms with Gasteiger partial charge < -0.3 is 24.8 Å². The van der Waals surface area contributed by atoms with Crippen molar-refractivity contribution in [1.29, 1.82) is 0 Å². The number of urea groups is 1. The van der Waals surface area contributed by atoms with Crippen LogP contribution in [-0.4, -0.2) is 76.9 Å². The van der Waals surface area contributed by atoms with Crippen LogP contribution in [-0.2, 0) is 20.9 Å². The molecule has 0 unspecified atom stereocenters. The number of ether oxygens (including phenoxy) is 1. The minimum Gasteiger partial charge on any atom is -0.372 e. The summed E-state index contributed by atoms with van der Waals surface area (Å²) in [5, 5.41) is 2.84. The highest BCUT2D eigenvalue weighted by Crippen LogP contribution is 2.31. The summed E-state index contributed by atoms with van der Waals surface area (Å²) in [4.78, 5) is 43.9. The normalized spacial score (nSPS) is 24.5. The monoisotopic (exact) mass is 452 g/mol. The molecule has 3 aliphatic heterocycles. The molecule has 3 fully saturated rings. The number of fused-ring (bicyclic) bond motifs is 2. The second kappa shape index (κ2) is 8.82. The average molecular weight is 452 g/mol. The van der Waals surface area contributed by atoms with E-state index in [1.165, 1.54) is 12.1 Å². The second-order valence-electron chi connectivity index (χ2n) is 8.59. The van der Waals surface area contributed by atoms with E-state index < -0.39 is 12.1 Å². The maximum atomic E-state index is 13.2. The molecule has 5 rings (SSSR count). The van der Waals surface area contributed by atoms with Crippen LogP contribution in [0.25, 0.3) is 0 Å². The minimum absolute atomic E-state index is 0.0874. The maximum Gasteiger partial charge on any atom is 0.321 e. The van der Waals surface area contributed by atoms with Crippen LogP contribution in [0.4, 0.5) is 14.9 Å². The van der Waals surface area contributed by atoms with E-state index >= 15 is 0 Å². The summed E-state index contributed by atoms with van der Waals surface area (Å²) in [7, 11) is 0. The van der Waals surface area contributed by atoms with Crippen molar-refractivity contribution in [3.05, 3.63) is 66.0 Å². The highest BCUT2D eigenvalue weighted by molar-refractivity contribution is 5.99. The van der Waals surface area contributed by atoms with Crippen molar-refractivity contribution in [3.8, 4) is 0 Å². The van der Waals surface area contributed by atoms with Crippen molar-refractivity contribution in [2.75, 3.05) is 31.5 Å². The van der Waals surface area contributed by atoms with Crippen LogP contribution in [0.5, 0.6) is 0 Å².